The average Bonchev–Trinajstić information content (AvgIpc) is 3.64. The van der Waals surface area contributed by atoms with E-state index in [1.54, 1.807) is 0 Å². The number of hydrogen-bond acceptors (Lipinski definition) is 0. The van der Waals surface area contributed by atoms with E-state index in [9.17, 15) is 0 Å². The second kappa shape index (κ2) is 13.6. The van der Waals surface area contributed by atoms with Gasteiger partial charge < -0.3 is 0 Å². The van der Waals surface area contributed by atoms with E-state index in [2.05, 4.69) is 152 Å². The smallest absolute Gasteiger partial charge is 0.109 e. The van der Waals surface area contributed by atoms with Gasteiger partial charge in [-0.25, -0.2) is 12.2 Å². The van der Waals surface area contributed by atoms with E-state index >= 15 is 0 Å². The summed E-state index contributed by atoms with van der Waals surface area (Å²) >= 11 is 1.46. The Labute approximate surface area is 269 Å². The molecule has 6 rings (SSSR count). The third kappa shape index (κ3) is 8.35. The molecule has 0 aromatic heterocycles. The maximum Gasteiger partial charge on any atom is -0.109 e. The van der Waals surface area contributed by atoms with Crippen LogP contribution in [0.5, 0.6) is 0 Å². The molecule has 212 valence electrons. The van der Waals surface area contributed by atoms with Crippen molar-refractivity contribution in [3.05, 3.63) is 154 Å². The summed E-state index contributed by atoms with van der Waals surface area (Å²) in [7, 11) is 0. The van der Waals surface area contributed by atoms with E-state index in [1.807, 2.05) is 12.2 Å². The molecule has 0 amide bonds. The normalized spacial score (nSPS) is 13.0. The van der Waals surface area contributed by atoms with E-state index in [0.29, 0.717) is 0 Å². The SMILES string of the molecule is CC(C)(C)c1[c-]c2c(cc1)-c1ccc(C(C)(C)C)cc1C2.Cc1ccc([C](=[Zr+2])c2ccc(C)cc2)cc1.[C-]1=CC=CC1. The summed E-state index contributed by atoms with van der Waals surface area (Å²) in [4.78, 5) is 0. The van der Waals surface area contributed by atoms with Crippen molar-refractivity contribution in [2.75, 3.05) is 0 Å². The minimum Gasteiger partial charge on any atom is -0.273 e. The maximum atomic E-state index is 3.67. The molecule has 0 aliphatic heterocycles. The second-order valence-electron chi connectivity index (χ2n) is 13.4. The van der Waals surface area contributed by atoms with Gasteiger partial charge in [0.1, 0.15) is 0 Å². The van der Waals surface area contributed by atoms with Crippen LogP contribution in [0.1, 0.15) is 92.5 Å². The Balaban J connectivity index is 0.000000170. The van der Waals surface area contributed by atoms with Crippen molar-refractivity contribution in [3.8, 4) is 11.1 Å². The van der Waals surface area contributed by atoms with Gasteiger partial charge in [-0.2, -0.15) is 29.8 Å². The Kier molecular flexibility index (Phi) is 10.4. The molecular weight excluding hydrogens is 584 g/mol. The summed E-state index contributed by atoms with van der Waals surface area (Å²) in [6.45, 7) is 17.8. The van der Waals surface area contributed by atoms with Crippen molar-refractivity contribution in [3.63, 3.8) is 0 Å². The molecule has 42 heavy (non-hydrogen) atoms. The quantitative estimate of drug-likeness (QED) is 0.171. The molecule has 0 heterocycles. The zero-order chi connectivity index (χ0) is 30.5. The molecule has 0 unspecified atom stereocenters. The molecule has 0 saturated carbocycles. The largest absolute Gasteiger partial charge is 0.273 e. The van der Waals surface area contributed by atoms with Gasteiger partial charge in [0.15, 0.2) is 0 Å². The first-order valence-electron chi connectivity index (χ1n) is 15.0. The molecule has 1 heteroatoms. The van der Waals surface area contributed by atoms with E-state index in [4.69, 9.17) is 0 Å². The van der Waals surface area contributed by atoms with Gasteiger partial charge in [0.2, 0.25) is 0 Å². The van der Waals surface area contributed by atoms with E-state index < -0.39 is 0 Å². The maximum absolute atomic E-state index is 3.67. The van der Waals surface area contributed by atoms with Crippen LogP contribution in [-0.2, 0) is 41.5 Å². The molecule has 0 atom stereocenters. The summed E-state index contributed by atoms with van der Waals surface area (Å²) in [6, 6.07) is 32.7. The number of fused-ring (bicyclic) bond motifs is 3. The van der Waals surface area contributed by atoms with E-state index in [-0.39, 0.29) is 10.8 Å². The molecular formula is C41H44Zr. The fraction of sp³-hybridized carbons (Fsp3) is 0.293. The molecule has 0 saturated heterocycles. The van der Waals surface area contributed by atoms with Crippen molar-refractivity contribution in [2.45, 2.75) is 79.1 Å². The van der Waals surface area contributed by atoms with Crippen LogP contribution in [-0.4, -0.2) is 3.21 Å². The molecule has 4 aromatic carbocycles. The van der Waals surface area contributed by atoms with Crippen LogP contribution in [0.4, 0.5) is 0 Å². The monoisotopic (exact) mass is 626 g/mol. The molecule has 0 nitrogen and oxygen atoms in total. The van der Waals surface area contributed by atoms with Gasteiger partial charge in [0.05, 0.1) is 0 Å². The molecule has 0 bridgehead atoms. The van der Waals surface area contributed by atoms with E-state index in [1.165, 1.54) is 83.1 Å². The molecule has 0 fully saturated rings. The van der Waals surface area contributed by atoms with Crippen molar-refractivity contribution in [1.29, 1.82) is 0 Å². The zero-order valence-corrected chi connectivity index (χ0v) is 29.1. The Hall–Kier alpha value is -2.89. The number of benzene rings is 4. The predicted octanol–water partition coefficient (Wildman–Crippen LogP) is 10.4. The first-order chi connectivity index (χ1) is 19.8. The minimum atomic E-state index is 0.167. The van der Waals surface area contributed by atoms with Gasteiger partial charge in [-0.15, -0.1) is 17.5 Å². The third-order valence-corrected chi connectivity index (χ3v) is 9.15. The topological polar surface area (TPSA) is 0 Å². The van der Waals surface area contributed by atoms with Crippen LogP contribution in [0, 0.1) is 26.0 Å². The van der Waals surface area contributed by atoms with Crippen molar-refractivity contribution >= 4 is 3.21 Å². The molecule has 0 radical (unpaired) electrons. The number of allylic oxidation sites excluding steroid dienone is 4. The van der Waals surface area contributed by atoms with Crippen LogP contribution in [0.25, 0.3) is 11.1 Å². The van der Waals surface area contributed by atoms with Crippen LogP contribution < -0.4 is 0 Å². The predicted molar refractivity (Wildman–Crippen MR) is 178 cm³/mol. The van der Waals surface area contributed by atoms with Gasteiger partial charge in [-0.05, 0) is 28.4 Å². The van der Waals surface area contributed by atoms with Crippen molar-refractivity contribution in [1.82, 2.24) is 0 Å². The summed E-state index contributed by atoms with van der Waals surface area (Å²) in [5.41, 5.74) is 14.0. The Bertz CT molecular complexity index is 1460. The summed E-state index contributed by atoms with van der Waals surface area (Å²) in [5.74, 6) is 0. The standard InChI is InChI=1S/C21H25.C15H14.C5H5.Zr/c1-20(2,3)16-7-9-18-14(12-16)11-15-13-17(21(4,5)6)8-10-19(15)18;1-12-3-7-14(8-4-12)11-15-9-5-13(2)6-10-15;1-2-4-5-3-1;/h7-10,12H,11H2,1-6H3;3-10H,1-2H3;1-3H,4H2;/q-1;;-1;+2. The number of rotatable bonds is 2. The van der Waals surface area contributed by atoms with Crippen LogP contribution in [0.15, 0.2) is 97.1 Å². The first kappa shape index (κ1) is 32.0. The summed E-state index contributed by atoms with van der Waals surface area (Å²) < 4.78 is 1.42. The molecule has 2 aliphatic rings. The fourth-order valence-corrected chi connectivity index (χ4v) is 5.79. The van der Waals surface area contributed by atoms with Crippen LogP contribution in [0.3, 0.4) is 0 Å². The Morgan fingerprint density at radius 3 is 1.71 bits per heavy atom. The van der Waals surface area contributed by atoms with Gasteiger partial charge in [0.25, 0.3) is 0 Å². The zero-order valence-electron chi connectivity index (χ0n) is 26.7. The minimum absolute atomic E-state index is 0.167. The van der Waals surface area contributed by atoms with Crippen LogP contribution in [0.2, 0.25) is 0 Å². The Morgan fingerprint density at radius 1 is 0.690 bits per heavy atom. The van der Waals surface area contributed by atoms with E-state index in [0.717, 1.165) is 12.8 Å². The fourth-order valence-electron chi connectivity index (χ4n) is 4.98. The van der Waals surface area contributed by atoms with Crippen LogP contribution >= 0.6 is 0 Å². The molecule has 4 aromatic rings. The molecule has 2 aliphatic carbocycles. The van der Waals surface area contributed by atoms with Gasteiger partial charge in [-0.3, -0.25) is 6.08 Å². The summed E-state index contributed by atoms with van der Waals surface area (Å²) in [5, 5.41) is 0. The number of hydrogen-bond donors (Lipinski definition) is 0. The summed E-state index contributed by atoms with van der Waals surface area (Å²) in [6.07, 6.45) is 11.0. The second-order valence-corrected chi connectivity index (χ2v) is 14.7. The molecule has 0 N–H and O–H groups in total. The average molecular weight is 628 g/mol. The third-order valence-electron chi connectivity index (χ3n) is 7.73. The van der Waals surface area contributed by atoms with Gasteiger partial charge in [0, 0.05) is 0 Å². The van der Waals surface area contributed by atoms with Gasteiger partial charge in [-0.1, -0.05) is 65.3 Å². The van der Waals surface area contributed by atoms with Gasteiger partial charge >= 0.3 is 112 Å². The first-order valence-corrected chi connectivity index (χ1v) is 16.2. The molecule has 0 spiro atoms. The van der Waals surface area contributed by atoms with Crippen molar-refractivity contribution in [2.24, 2.45) is 0 Å². The van der Waals surface area contributed by atoms with Crippen molar-refractivity contribution < 1.29 is 24.2 Å². The number of aryl methyl sites for hydroxylation is 2. The Morgan fingerprint density at radius 2 is 1.26 bits per heavy atom.